The van der Waals surface area contributed by atoms with Crippen molar-refractivity contribution in [1.29, 1.82) is 0 Å². The maximum Gasteiger partial charge on any atom is 0.250 e. The van der Waals surface area contributed by atoms with E-state index in [0.717, 1.165) is 0 Å². The number of benzene rings is 2. The molecule has 9 nitrogen and oxygen atoms in total. The fourth-order valence-electron chi connectivity index (χ4n) is 6.43. The van der Waals surface area contributed by atoms with E-state index in [2.05, 4.69) is 26.6 Å². The zero-order valence-electron chi connectivity index (χ0n) is 22.5. The maximum absolute atomic E-state index is 14.2. The lowest BCUT2D eigenvalue weighted by atomic mass is 9.70. The molecule has 3 heterocycles. The summed E-state index contributed by atoms with van der Waals surface area (Å²) in [6.45, 7) is 5.84. The lowest BCUT2D eigenvalue weighted by Gasteiger charge is -2.38. The number of likely N-dealkylation sites (tertiary alicyclic amines) is 1. The van der Waals surface area contributed by atoms with Gasteiger partial charge in [-0.15, -0.1) is 0 Å². The van der Waals surface area contributed by atoms with E-state index >= 15 is 0 Å². The average molecular weight is 635 g/mol. The van der Waals surface area contributed by atoms with Gasteiger partial charge in [-0.3, -0.25) is 14.4 Å². The van der Waals surface area contributed by atoms with E-state index in [1.165, 1.54) is 4.90 Å². The van der Waals surface area contributed by atoms with Crippen LogP contribution in [0.4, 0.5) is 11.4 Å². The molecule has 7 atom stereocenters. The van der Waals surface area contributed by atoms with E-state index in [4.69, 9.17) is 21.1 Å². The van der Waals surface area contributed by atoms with Crippen molar-refractivity contribution in [3.8, 4) is 5.75 Å². The van der Waals surface area contributed by atoms with Crippen LogP contribution in [0.1, 0.15) is 27.2 Å². The molecule has 0 aliphatic carbocycles. The van der Waals surface area contributed by atoms with Gasteiger partial charge in [0, 0.05) is 10.5 Å². The molecule has 5 rings (SSSR count). The molecule has 0 saturated carbocycles. The Bertz CT molecular complexity index is 1290. The second-order valence-corrected chi connectivity index (χ2v) is 12.4. The molecule has 2 aromatic rings. The maximum atomic E-state index is 14.2. The van der Waals surface area contributed by atoms with Gasteiger partial charge in [0.2, 0.25) is 17.7 Å². The van der Waals surface area contributed by atoms with Crippen LogP contribution in [0.25, 0.3) is 0 Å². The van der Waals surface area contributed by atoms with Crippen LogP contribution in [-0.4, -0.2) is 69.6 Å². The highest BCUT2D eigenvalue weighted by atomic mass is 79.9. The Morgan fingerprint density at radius 1 is 1.18 bits per heavy atom. The first-order chi connectivity index (χ1) is 19.1. The predicted octanol–water partition coefficient (Wildman–Crippen LogP) is 4.08. The van der Waals surface area contributed by atoms with Crippen molar-refractivity contribution in [3.05, 3.63) is 53.6 Å². The summed E-state index contributed by atoms with van der Waals surface area (Å²) in [7, 11) is 0. The SMILES string of the molecule is CCOc1ccc(NC(=O)[C@H]2[C@@H]3OC4(CC3Br)C(C(=O)Nc3ccccc3Cl)N([C@@H](CO)C(C)C)C(=O)[C@H]24)cc1. The molecular weight excluding hydrogens is 602 g/mol. The first kappa shape index (κ1) is 28.9. The Morgan fingerprint density at radius 3 is 2.50 bits per heavy atom. The molecule has 214 valence electrons. The zero-order chi connectivity index (χ0) is 28.8. The van der Waals surface area contributed by atoms with E-state index in [9.17, 15) is 19.5 Å². The lowest BCUT2D eigenvalue weighted by Crippen LogP contribution is -2.57. The average Bonchev–Trinajstić information content (AvgIpc) is 3.50. The van der Waals surface area contributed by atoms with Gasteiger partial charge in [-0.1, -0.05) is 53.5 Å². The number of fused-ring (bicyclic) bond motifs is 1. The molecule has 0 aromatic heterocycles. The lowest BCUT2D eigenvalue weighted by molar-refractivity contribution is -0.144. The van der Waals surface area contributed by atoms with Crippen molar-refractivity contribution in [3.63, 3.8) is 0 Å². The van der Waals surface area contributed by atoms with Gasteiger partial charge >= 0.3 is 0 Å². The van der Waals surface area contributed by atoms with Crippen LogP contribution in [0.15, 0.2) is 48.5 Å². The van der Waals surface area contributed by atoms with E-state index in [1.807, 2.05) is 20.8 Å². The van der Waals surface area contributed by atoms with Crippen molar-refractivity contribution in [1.82, 2.24) is 4.90 Å². The molecular formula is C29H33BrClN3O6. The van der Waals surface area contributed by atoms with Crippen molar-refractivity contribution < 1.29 is 29.0 Å². The van der Waals surface area contributed by atoms with Crippen LogP contribution in [0.3, 0.4) is 0 Å². The number of aliphatic hydroxyl groups is 1. The number of carbonyl (C=O) groups is 3. The Balaban J connectivity index is 1.50. The van der Waals surface area contributed by atoms with Gasteiger partial charge in [-0.05, 0) is 55.7 Å². The minimum Gasteiger partial charge on any atom is -0.494 e. The number of rotatable bonds is 9. The fraction of sp³-hybridized carbons (Fsp3) is 0.483. The smallest absolute Gasteiger partial charge is 0.250 e. The molecule has 0 radical (unpaired) electrons. The quantitative estimate of drug-likeness (QED) is 0.358. The number of hydrogen-bond acceptors (Lipinski definition) is 6. The number of carbonyl (C=O) groups excluding carboxylic acids is 3. The molecule has 40 heavy (non-hydrogen) atoms. The second kappa shape index (κ2) is 11.3. The minimum atomic E-state index is -1.26. The van der Waals surface area contributed by atoms with Gasteiger partial charge in [-0.25, -0.2) is 0 Å². The molecule has 3 aliphatic heterocycles. The second-order valence-electron chi connectivity index (χ2n) is 10.8. The number of aliphatic hydroxyl groups excluding tert-OH is 1. The number of amides is 3. The van der Waals surface area contributed by atoms with Gasteiger partial charge < -0.3 is 30.1 Å². The molecule has 2 bridgehead atoms. The first-order valence-electron chi connectivity index (χ1n) is 13.5. The van der Waals surface area contributed by atoms with Crippen LogP contribution in [-0.2, 0) is 19.1 Å². The zero-order valence-corrected chi connectivity index (χ0v) is 24.8. The monoisotopic (exact) mass is 633 g/mol. The van der Waals surface area contributed by atoms with Gasteiger partial charge in [0.05, 0.1) is 47.9 Å². The number of nitrogens with zero attached hydrogens (tertiary/aromatic N) is 1. The van der Waals surface area contributed by atoms with E-state index in [-0.39, 0.29) is 29.2 Å². The van der Waals surface area contributed by atoms with Gasteiger partial charge in [0.25, 0.3) is 0 Å². The first-order valence-corrected chi connectivity index (χ1v) is 14.8. The standard InChI is InChI=1S/C29H33BrClN3O6/c1-4-39-17-11-9-16(10-12-17)32-26(36)22-23-28(38)34(21(14-35)15(2)3)25(29(23)13-18(30)24(22)40-29)27(37)33-20-8-6-5-7-19(20)31/h5-12,15,18,21-25,35H,4,13-14H2,1-3H3,(H,32,36)(H,33,37)/t18?,21-,22+,23-,24+,25?,29?/m0/s1. The summed E-state index contributed by atoms with van der Waals surface area (Å²) in [5, 5.41) is 16.5. The Morgan fingerprint density at radius 2 is 1.88 bits per heavy atom. The topological polar surface area (TPSA) is 117 Å². The number of anilines is 2. The van der Waals surface area contributed by atoms with Gasteiger partial charge in [0.15, 0.2) is 0 Å². The van der Waals surface area contributed by atoms with Gasteiger partial charge in [-0.2, -0.15) is 0 Å². The Hall–Kier alpha value is -2.66. The normalized spacial score (nSPS) is 29.4. The molecule has 3 N–H and O–H groups in total. The van der Waals surface area contributed by atoms with Crippen LogP contribution in [0, 0.1) is 17.8 Å². The Labute approximate surface area is 246 Å². The summed E-state index contributed by atoms with van der Waals surface area (Å²) in [6, 6.07) is 12.1. The molecule has 3 aliphatic rings. The summed E-state index contributed by atoms with van der Waals surface area (Å²) < 4.78 is 12.0. The third-order valence-electron chi connectivity index (χ3n) is 8.16. The van der Waals surface area contributed by atoms with Crippen LogP contribution >= 0.6 is 27.5 Å². The number of alkyl halides is 1. The molecule has 3 saturated heterocycles. The summed E-state index contributed by atoms with van der Waals surface area (Å²) in [4.78, 5) is 43.2. The third kappa shape index (κ3) is 4.78. The predicted molar refractivity (Wildman–Crippen MR) is 155 cm³/mol. The highest BCUT2D eigenvalue weighted by Crippen LogP contribution is 2.60. The molecule has 3 fully saturated rings. The number of para-hydroxylation sites is 1. The summed E-state index contributed by atoms with van der Waals surface area (Å²) in [6.07, 6.45) is -0.255. The number of ether oxygens (including phenoxy) is 2. The van der Waals surface area contributed by atoms with Crippen molar-refractivity contribution >= 4 is 56.6 Å². The van der Waals surface area contributed by atoms with Crippen LogP contribution in [0.2, 0.25) is 5.02 Å². The molecule has 3 unspecified atom stereocenters. The number of hydrogen-bond donors (Lipinski definition) is 3. The van der Waals surface area contributed by atoms with E-state index < -0.39 is 41.5 Å². The fourth-order valence-corrected chi connectivity index (χ4v) is 7.56. The highest BCUT2D eigenvalue weighted by Gasteiger charge is 2.77. The highest BCUT2D eigenvalue weighted by molar-refractivity contribution is 9.09. The van der Waals surface area contributed by atoms with E-state index in [1.54, 1.807) is 48.5 Å². The molecule has 11 heteroatoms. The molecule has 3 amide bonds. The summed E-state index contributed by atoms with van der Waals surface area (Å²) in [5.74, 6) is -2.44. The van der Waals surface area contributed by atoms with Crippen LogP contribution in [0.5, 0.6) is 5.75 Å². The minimum absolute atomic E-state index is 0.159. The summed E-state index contributed by atoms with van der Waals surface area (Å²) >= 11 is 10.00. The van der Waals surface area contributed by atoms with Crippen molar-refractivity contribution in [2.75, 3.05) is 23.8 Å². The largest absolute Gasteiger partial charge is 0.494 e. The third-order valence-corrected chi connectivity index (χ3v) is 9.33. The van der Waals surface area contributed by atoms with Crippen LogP contribution < -0.4 is 15.4 Å². The number of nitrogens with one attached hydrogen (secondary N) is 2. The van der Waals surface area contributed by atoms with Gasteiger partial charge in [0.1, 0.15) is 17.4 Å². The Kier molecular flexibility index (Phi) is 8.16. The van der Waals surface area contributed by atoms with Crippen molar-refractivity contribution in [2.45, 2.75) is 55.8 Å². The molecule has 1 spiro atoms. The molecule has 2 aromatic carbocycles. The summed E-state index contributed by atoms with van der Waals surface area (Å²) in [5.41, 5.74) is -0.300. The number of halogens is 2. The van der Waals surface area contributed by atoms with E-state index in [0.29, 0.717) is 35.2 Å². The van der Waals surface area contributed by atoms with Crippen molar-refractivity contribution in [2.24, 2.45) is 17.8 Å².